The van der Waals surface area contributed by atoms with Crippen molar-refractivity contribution in [2.45, 2.75) is 33.6 Å². The number of carboxylic acids is 2. The molecule has 0 rings (SSSR count). The third-order valence-electron chi connectivity index (χ3n) is 2.41. The summed E-state index contributed by atoms with van der Waals surface area (Å²) in [5, 5.41) is 17.5. The quantitative estimate of drug-likeness (QED) is 0.653. The fourth-order valence-corrected chi connectivity index (χ4v) is 1.02. The van der Waals surface area contributed by atoms with Crippen LogP contribution < -0.4 is 0 Å². The minimum absolute atomic E-state index is 0.0803. The summed E-state index contributed by atoms with van der Waals surface area (Å²) in [7, 11) is 0. The van der Waals surface area contributed by atoms with Crippen LogP contribution in [0.1, 0.15) is 33.6 Å². The molecule has 6 heteroatoms. The highest BCUT2D eigenvalue weighted by atomic mass is 16.5. The third-order valence-corrected chi connectivity index (χ3v) is 2.41. The second kappa shape index (κ2) is 6.22. The van der Waals surface area contributed by atoms with Gasteiger partial charge in [0.15, 0.2) is 0 Å². The molecule has 6 nitrogen and oxygen atoms in total. The Labute approximate surface area is 99.6 Å². The Balaban J connectivity index is 4.46. The molecular weight excluding hydrogens is 228 g/mol. The number of ether oxygens (including phenoxy) is 1. The predicted molar refractivity (Wildman–Crippen MR) is 58.4 cm³/mol. The second-order valence-corrected chi connectivity index (χ2v) is 4.52. The zero-order valence-corrected chi connectivity index (χ0v) is 10.2. The van der Waals surface area contributed by atoms with Crippen molar-refractivity contribution in [1.82, 2.24) is 0 Å². The van der Waals surface area contributed by atoms with E-state index in [0.29, 0.717) is 0 Å². The average molecular weight is 246 g/mol. The Morgan fingerprint density at radius 3 is 2.12 bits per heavy atom. The summed E-state index contributed by atoms with van der Waals surface area (Å²) in [6.07, 6.45) is -0.356. The predicted octanol–water partition coefficient (Wildman–Crippen LogP) is 1.14. The van der Waals surface area contributed by atoms with Crippen molar-refractivity contribution in [3.8, 4) is 0 Å². The Bertz CT molecular complexity index is 309. The normalized spacial score (nSPS) is 14.1. The van der Waals surface area contributed by atoms with Crippen LogP contribution in [0.25, 0.3) is 0 Å². The maximum absolute atomic E-state index is 11.2. The zero-order chi connectivity index (χ0) is 13.6. The minimum atomic E-state index is -1.36. The molecule has 0 aromatic rings. The molecule has 0 heterocycles. The highest BCUT2D eigenvalue weighted by Crippen LogP contribution is 2.24. The summed E-state index contributed by atoms with van der Waals surface area (Å²) in [4.78, 5) is 32.7. The molecule has 0 amide bonds. The number of rotatable bonds is 7. The van der Waals surface area contributed by atoms with Crippen LogP contribution in [-0.4, -0.2) is 34.7 Å². The van der Waals surface area contributed by atoms with E-state index in [1.165, 1.54) is 6.92 Å². The van der Waals surface area contributed by atoms with Gasteiger partial charge in [-0.05, 0) is 13.3 Å². The lowest BCUT2D eigenvalue weighted by Crippen LogP contribution is -2.35. The monoisotopic (exact) mass is 246 g/mol. The molecule has 0 bridgehead atoms. The summed E-state index contributed by atoms with van der Waals surface area (Å²) < 4.78 is 4.85. The summed E-state index contributed by atoms with van der Waals surface area (Å²) in [5.41, 5.74) is -1.36. The third kappa shape index (κ3) is 5.33. The number of carbonyl (C=O) groups excluding carboxylic acids is 1. The van der Waals surface area contributed by atoms with Crippen LogP contribution in [0.5, 0.6) is 0 Å². The summed E-state index contributed by atoms with van der Waals surface area (Å²) in [5.74, 6) is -3.08. The van der Waals surface area contributed by atoms with Crippen molar-refractivity contribution in [2.75, 3.05) is 6.61 Å². The van der Waals surface area contributed by atoms with Gasteiger partial charge in [-0.15, -0.1) is 0 Å². The lowest BCUT2D eigenvalue weighted by Gasteiger charge is -2.23. The van der Waals surface area contributed by atoms with Gasteiger partial charge in [0.1, 0.15) is 6.61 Å². The number of hydrogen-bond donors (Lipinski definition) is 2. The molecule has 98 valence electrons. The zero-order valence-electron chi connectivity index (χ0n) is 10.2. The summed E-state index contributed by atoms with van der Waals surface area (Å²) in [6.45, 7) is 4.33. The standard InChI is InChI=1S/C11H18O6/c1-7(2)9(14)17-6-11(3,10(15)16)5-4-8(12)13/h7H,4-6H2,1-3H3,(H,12,13)(H,15,16). The molecule has 0 aromatic heterocycles. The first-order chi connectivity index (χ1) is 7.69. The molecule has 0 aromatic carbocycles. The van der Waals surface area contributed by atoms with Crippen molar-refractivity contribution < 1.29 is 29.3 Å². The molecule has 0 aliphatic rings. The van der Waals surface area contributed by atoms with Crippen LogP contribution in [0, 0.1) is 11.3 Å². The number of esters is 1. The molecule has 1 atom stereocenters. The Kier molecular flexibility index (Phi) is 5.64. The molecule has 0 aliphatic carbocycles. The van der Waals surface area contributed by atoms with Gasteiger partial charge in [0.05, 0.1) is 11.3 Å². The van der Waals surface area contributed by atoms with E-state index in [-0.39, 0.29) is 25.4 Å². The van der Waals surface area contributed by atoms with Gasteiger partial charge in [0.2, 0.25) is 0 Å². The van der Waals surface area contributed by atoms with Crippen molar-refractivity contribution in [3.05, 3.63) is 0 Å². The Morgan fingerprint density at radius 2 is 1.76 bits per heavy atom. The number of aliphatic carboxylic acids is 2. The van der Waals surface area contributed by atoms with Gasteiger partial charge in [0.25, 0.3) is 0 Å². The molecule has 1 unspecified atom stereocenters. The average Bonchev–Trinajstić information content (AvgIpc) is 2.22. The van der Waals surface area contributed by atoms with Gasteiger partial charge in [-0.3, -0.25) is 14.4 Å². The van der Waals surface area contributed by atoms with Crippen LogP contribution in [0.4, 0.5) is 0 Å². The first kappa shape index (κ1) is 15.4. The van der Waals surface area contributed by atoms with Gasteiger partial charge in [-0.1, -0.05) is 13.8 Å². The molecule has 2 N–H and O–H groups in total. The van der Waals surface area contributed by atoms with E-state index in [1.807, 2.05) is 0 Å². The highest BCUT2D eigenvalue weighted by molar-refractivity contribution is 5.77. The van der Waals surface area contributed by atoms with E-state index < -0.39 is 23.3 Å². The van der Waals surface area contributed by atoms with E-state index in [9.17, 15) is 14.4 Å². The fraction of sp³-hybridized carbons (Fsp3) is 0.727. The van der Waals surface area contributed by atoms with E-state index in [1.54, 1.807) is 13.8 Å². The van der Waals surface area contributed by atoms with Crippen LogP contribution in [0.3, 0.4) is 0 Å². The largest absolute Gasteiger partial charge is 0.481 e. The van der Waals surface area contributed by atoms with Gasteiger partial charge in [0, 0.05) is 6.42 Å². The molecule has 0 saturated carbocycles. The maximum atomic E-state index is 11.2. The van der Waals surface area contributed by atoms with Gasteiger partial charge < -0.3 is 14.9 Å². The maximum Gasteiger partial charge on any atom is 0.312 e. The van der Waals surface area contributed by atoms with E-state index >= 15 is 0 Å². The Morgan fingerprint density at radius 1 is 1.24 bits per heavy atom. The van der Waals surface area contributed by atoms with E-state index in [0.717, 1.165) is 0 Å². The van der Waals surface area contributed by atoms with Crippen LogP contribution in [0.15, 0.2) is 0 Å². The Hall–Kier alpha value is -1.59. The van der Waals surface area contributed by atoms with Gasteiger partial charge in [-0.25, -0.2) is 0 Å². The van der Waals surface area contributed by atoms with Crippen molar-refractivity contribution in [3.63, 3.8) is 0 Å². The van der Waals surface area contributed by atoms with E-state index in [2.05, 4.69) is 0 Å². The van der Waals surface area contributed by atoms with Crippen molar-refractivity contribution in [1.29, 1.82) is 0 Å². The molecule has 0 aliphatic heterocycles. The summed E-state index contributed by atoms with van der Waals surface area (Å²) >= 11 is 0. The van der Waals surface area contributed by atoms with Crippen LogP contribution >= 0.6 is 0 Å². The first-order valence-electron chi connectivity index (χ1n) is 5.31. The highest BCUT2D eigenvalue weighted by Gasteiger charge is 2.35. The van der Waals surface area contributed by atoms with Gasteiger partial charge in [-0.2, -0.15) is 0 Å². The molecular formula is C11H18O6. The first-order valence-corrected chi connectivity index (χ1v) is 5.31. The van der Waals surface area contributed by atoms with Gasteiger partial charge >= 0.3 is 17.9 Å². The molecule has 0 saturated heterocycles. The fourth-order valence-electron chi connectivity index (χ4n) is 1.02. The topological polar surface area (TPSA) is 101 Å². The smallest absolute Gasteiger partial charge is 0.312 e. The van der Waals surface area contributed by atoms with E-state index in [4.69, 9.17) is 14.9 Å². The van der Waals surface area contributed by atoms with Crippen LogP contribution in [-0.2, 0) is 19.1 Å². The van der Waals surface area contributed by atoms with Crippen LogP contribution in [0.2, 0.25) is 0 Å². The minimum Gasteiger partial charge on any atom is -0.481 e. The number of carboxylic acid groups (broad SMARTS) is 2. The lowest BCUT2D eigenvalue weighted by molar-refractivity contribution is -0.160. The second-order valence-electron chi connectivity index (χ2n) is 4.52. The number of carbonyl (C=O) groups is 3. The van der Waals surface area contributed by atoms with Crippen molar-refractivity contribution in [2.24, 2.45) is 11.3 Å². The molecule has 0 spiro atoms. The SMILES string of the molecule is CC(C)C(=O)OCC(C)(CCC(=O)O)C(=O)O. The molecule has 17 heavy (non-hydrogen) atoms. The van der Waals surface area contributed by atoms with Crippen molar-refractivity contribution >= 4 is 17.9 Å². The molecule has 0 radical (unpaired) electrons. The number of hydrogen-bond acceptors (Lipinski definition) is 4. The molecule has 0 fully saturated rings. The summed E-state index contributed by atoms with van der Waals surface area (Å²) in [6, 6.07) is 0. The lowest BCUT2D eigenvalue weighted by atomic mass is 9.86.